The van der Waals surface area contributed by atoms with Crippen molar-refractivity contribution in [3.05, 3.63) is 95.6 Å². The average Bonchev–Trinajstić information content (AvgIpc) is 3.50. The number of anilines is 1. The van der Waals surface area contributed by atoms with Crippen LogP contribution in [0.1, 0.15) is 5.56 Å². The predicted molar refractivity (Wildman–Crippen MR) is 125 cm³/mol. The van der Waals surface area contributed by atoms with E-state index < -0.39 is 0 Å². The summed E-state index contributed by atoms with van der Waals surface area (Å²) < 4.78 is 1.83. The molecule has 0 spiro atoms. The zero-order valence-corrected chi connectivity index (χ0v) is 17.4. The number of thiocarbonyl (C=S) groups is 1. The maximum Gasteiger partial charge on any atom is 0.281 e. The van der Waals surface area contributed by atoms with E-state index in [2.05, 4.69) is 5.32 Å². The van der Waals surface area contributed by atoms with E-state index in [-0.39, 0.29) is 5.91 Å². The number of nitrogens with one attached hydrogen (secondary N) is 1. The topological polar surface area (TPSA) is 50.2 Å². The molecule has 1 fully saturated rings. The van der Waals surface area contributed by atoms with Crippen LogP contribution in [0.4, 0.5) is 5.69 Å². The zero-order valence-electron chi connectivity index (χ0n) is 15.7. The minimum atomic E-state index is -0.184. The Morgan fingerprint density at radius 3 is 2.30 bits per heavy atom. The van der Waals surface area contributed by atoms with Gasteiger partial charge in [0.15, 0.2) is 5.11 Å². The molecule has 30 heavy (non-hydrogen) atoms. The molecule has 7 heteroatoms. The van der Waals surface area contributed by atoms with Gasteiger partial charge in [-0.15, -0.1) is 11.3 Å². The van der Waals surface area contributed by atoms with Gasteiger partial charge in [-0.05, 0) is 54.0 Å². The third-order valence-electron chi connectivity index (χ3n) is 4.71. The van der Waals surface area contributed by atoms with Crippen molar-refractivity contribution in [1.82, 2.24) is 15.1 Å². The monoisotopic (exact) mass is 428 g/mol. The third-order valence-corrected chi connectivity index (χ3v) is 5.87. The highest BCUT2D eigenvalue weighted by Crippen LogP contribution is 2.30. The summed E-state index contributed by atoms with van der Waals surface area (Å²) >= 11 is 7.03. The number of hydrogen-bond donors (Lipinski definition) is 1. The molecule has 0 bridgehead atoms. The fraction of sp³-hybridized carbons (Fsp3) is 0. The maximum absolute atomic E-state index is 13.1. The molecule has 1 saturated heterocycles. The van der Waals surface area contributed by atoms with Crippen molar-refractivity contribution in [2.45, 2.75) is 0 Å². The molecule has 0 aliphatic carbocycles. The van der Waals surface area contributed by atoms with E-state index in [1.54, 1.807) is 11.3 Å². The second kappa shape index (κ2) is 7.70. The van der Waals surface area contributed by atoms with E-state index in [1.165, 1.54) is 4.90 Å². The van der Waals surface area contributed by atoms with Gasteiger partial charge >= 0.3 is 0 Å². The summed E-state index contributed by atoms with van der Waals surface area (Å²) in [5.74, 6) is -0.184. The van der Waals surface area contributed by atoms with Gasteiger partial charge in [0, 0.05) is 11.8 Å². The molecule has 4 aromatic rings. The Bertz CT molecular complexity index is 1250. The Kier molecular flexibility index (Phi) is 4.74. The van der Waals surface area contributed by atoms with Crippen LogP contribution in [0.5, 0.6) is 0 Å². The van der Waals surface area contributed by atoms with Gasteiger partial charge in [-0.3, -0.25) is 9.69 Å². The van der Waals surface area contributed by atoms with Gasteiger partial charge < -0.3 is 5.32 Å². The molecule has 5 rings (SSSR count). The standard InChI is InChI=1S/C23H16N4OS2/c28-22-19(24-23(29)27(22)18-10-5-2-6-11-18)14-16-15-26(17-8-3-1-4-9-17)25-21(16)20-12-7-13-30-20/h1-15H,(H,24,29)/b19-14-. The summed E-state index contributed by atoms with van der Waals surface area (Å²) in [6.07, 6.45) is 3.75. The molecule has 3 heterocycles. The molecule has 2 aromatic carbocycles. The van der Waals surface area contributed by atoms with Crippen LogP contribution in [0.3, 0.4) is 0 Å². The molecule has 2 aromatic heterocycles. The first-order valence-corrected chi connectivity index (χ1v) is 10.6. The summed E-state index contributed by atoms with van der Waals surface area (Å²) in [7, 11) is 0. The molecular weight excluding hydrogens is 412 g/mol. The third kappa shape index (κ3) is 3.34. The van der Waals surface area contributed by atoms with E-state index in [4.69, 9.17) is 17.3 Å². The van der Waals surface area contributed by atoms with Crippen LogP contribution in [-0.2, 0) is 4.79 Å². The highest BCUT2D eigenvalue weighted by Gasteiger charge is 2.32. The number of thiophene rings is 1. The van der Waals surface area contributed by atoms with E-state index >= 15 is 0 Å². The van der Waals surface area contributed by atoms with Gasteiger partial charge in [0.25, 0.3) is 5.91 Å². The summed E-state index contributed by atoms with van der Waals surface area (Å²) in [5, 5.41) is 10.2. The van der Waals surface area contributed by atoms with Gasteiger partial charge in [-0.25, -0.2) is 4.68 Å². The Balaban J connectivity index is 1.57. The normalized spacial score (nSPS) is 15.1. The summed E-state index contributed by atoms with van der Waals surface area (Å²) in [5.41, 5.74) is 3.78. The van der Waals surface area contributed by atoms with Gasteiger partial charge in [0.1, 0.15) is 11.4 Å². The summed E-state index contributed by atoms with van der Waals surface area (Å²) in [6, 6.07) is 23.3. The lowest BCUT2D eigenvalue weighted by molar-refractivity contribution is -0.113. The lowest BCUT2D eigenvalue weighted by Crippen LogP contribution is -2.30. The Hall–Kier alpha value is -3.55. The molecule has 5 nitrogen and oxygen atoms in total. The number of hydrogen-bond acceptors (Lipinski definition) is 4. The van der Waals surface area contributed by atoms with Gasteiger partial charge in [0.2, 0.25) is 0 Å². The fourth-order valence-corrected chi connectivity index (χ4v) is 4.34. The van der Waals surface area contributed by atoms with Crippen LogP contribution in [0.2, 0.25) is 0 Å². The van der Waals surface area contributed by atoms with Crippen molar-refractivity contribution in [2.24, 2.45) is 0 Å². The molecule has 1 amide bonds. The first-order valence-electron chi connectivity index (χ1n) is 9.32. The van der Waals surface area contributed by atoms with Crippen molar-refractivity contribution in [3.8, 4) is 16.3 Å². The molecule has 0 radical (unpaired) electrons. The number of nitrogens with zero attached hydrogens (tertiary/aromatic N) is 3. The van der Waals surface area contributed by atoms with Crippen LogP contribution < -0.4 is 10.2 Å². The van der Waals surface area contributed by atoms with Crippen LogP contribution >= 0.6 is 23.6 Å². The van der Waals surface area contributed by atoms with Crippen molar-refractivity contribution < 1.29 is 4.79 Å². The molecule has 0 unspecified atom stereocenters. The number of rotatable bonds is 4. The minimum Gasteiger partial charge on any atom is -0.327 e. The van der Waals surface area contributed by atoms with E-state index in [0.717, 1.165) is 27.5 Å². The second-order valence-corrected chi connectivity index (χ2v) is 7.99. The average molecular weight is 429 g/mol. The Morgan fingerprint density at radius 2 is 1.63 bits per heavy atom. The van der Waals surface area contributed by atoms with Crippen molar-refractivity contribution in [3.63, 3.8) is 0 Å². The lowest BCUT2D eigenvalue weighted by Gasteiger charge is -2.13. The molecule has 0 atom stereocenters. The van der Waals surface area contributed by atoms with E-state index in [1.807, 2.05) is 95.1 Å². The zero-order chi connectivity index (χ0) is 20.5. The van der Waals surface area contributed by atoms with Crippen molar-refractivity contribution >= 4 is 46.3 Å². The molecule has 146 valence electrons. The Morgan fingerprint density at radius 1 is 0.933 bits per heavy atom. The summed E-state index contributed by atoms with van der Waals surface area (Å²) in [6.45, 7) is 0. The van der Waals surface area contributed by atoms with Crippen LogP contribution in [-0.4, -0.2) is 20.8 Å². The lowest BCUT2D eigenvalue weighted by atomic mass is 10.2. The number of para-hydroxylation sites is 2. The second-order valence-electron chi connectivity index (χ2n) is 6.65. The molecule has 1 aliphatic rings. The highest BCUT2D eigenvalue weighted by molar-refractivity contribution is 7.80. The maximum atomic E-state index is 13.1. The molecule has 1 N–H and O–H groups in total. The van der Waals surface area contributed by atoms with Gasteiger partial charge in [-0.2, -0.15) is 5.10 Å². The van der Waals surface area contributed by atoms with Gasteiger partial charge in [-0.1, -0.05) is 42.5 Å². The van der Waals surface area contributed by atoms with Crippen LogP contribution in [0, 0.1) is 0 Å². The van der Waals surface area contributed by atoms with Crippen LogP contribution in [0.15, 0.2) is 90.1 Å². The van der Waals surface area contributed by atoms with Crippen LogP contribution in [0.25, 0.3) is 22.3 Å². The number of amides is 1. The van der Waals surface area contributed by atoms with Gasteiger partial charge in [0.05, 0.1) is 16.3 Å². The molecular formula is C23H16N4OS2. The van der Waals surface area contributed by atoms with Crippen molar-refractivity contribution in [1.29, 1.82) is 0 Å². The molecule has 0 saturated carbocycles. The predicted octanol–water partition coefficient (Wildman–Crippen LogP) is 4.86. The van der Waals surface area contributed by atoms with Crippen molar-refractivity contribution in [2.75, 3.05) is 4.90 Å². The fourth-order valence-electron chi connectivity index (χ4n) is 3.31. The summed E-state index contributed by atoms with van der Waals surface area (Å²) in [4.78, 5) is 15.6. The van der Waals surface area contributed by atoms with E-state index in [0.29, 0.717) is 10.8 Å². The Labute approximate surface area is 182 Å². The minimum absolute atomic E-state index is 0.184. The largest absolute Gasteiger partial charge is 0.327 e. The number of carbonyl (C=O) groups excluding carboxylic acids is 1. The number of carbonyl (C=O) groups is 1. The number of aromatic nitrogens is 2. The molecule has 1 aliphatic heterocycles. The van der Waals surface area contributed by atoms with E-state index in [9.17, 15) is 4.79 Å². The smallest absolute Gasteiger partial charge is 0.281 e. The first-order chi connectivity index (χ1) is 14.7. The first kappa shape index (κ1) is 18.5. The quantitative estimate of drug-likeness (QED) is 0.372. The SMILES string of the molecule is O=C1/C(=C/c2cn(-c3ccccc3)nc2-c2cccs2)NC(=S)N1c1ccccc1. The number of benzene rings is 2. The highest BCUT2D eigenvalue weighted by atomic mass is 32.1.